The maximum absolute atomic E-state index is 11.1. The predicted octanol–water partition coefficient (Wildman–Crippen LogP) is 1.21. The van der Waals surface area contributed by atoms with Gasteiger partial charge in [0, 0.05) is 6.42 Å². The zero-order chi connectivity index (χ0) is 9.68. The molecule has 0 aliphatic heterocycles. The summed E-state index contributed by atoms with van der Waals surface area (Å²) in [7, 11) is 0. The first-order chi connectivity index (χ1) is 6.20. The molecule has 1 aromatic heterocycles. The summed E-state index contributed by atoms with van der Waals surface area (Å²) in [6.45, 7) is 1.85. The van der Waals surface area contributed by atoms with Crippen molar-refractivity contribution in [3.63, 3.8) is 0 Å². The third kappa shape index (κ3) is 3.29. The summed E-state index contributed by atoms with van der Waals surface area (Å²) in [5.74, 6) is -0.309. The van der Waals surface area contributed by atoms with Gasteiger partial charge in [-0.05, 0) is 19.1 Å². The summed E-state index contributed by atoms with van der Waals surface area (Å²) in [5, 5.41) is 8.88. The Morgan fingerprint density at radius 3 is 3.08 bits per heavy atom. The van der Waals surface area contributed by atoms with Crippen molar-refractivity contribution in [1.82, 2.24) is 0 Å². The summed E-state index contributed by atoms with van der Waals surface area (Å²) in [5.41, 5.74) is 0. The normalized spacial score (nSPS) is 12.5. The fourth-order valence-electron chi connectivity index (χ4n) is 0.788. The number of hydrogen-bond acceptors (Lipinski definition) is 4. The average molecular weight is 184 g/mol. The summed E-state index contributed by atoms with van der Waals surface area (Å²) in [6.07, 6.45) is 1.39. The first kappa shape index (κ1) is 9.80. The number of carbonyl (C=O) groups is 1. The van der Waals surface area contributed by atoms with Gasteiger partial charge in [-0.3, -0.25) is 0 Å². The van der Waals surface area contributed by atoms with E-state index in [-0.39, 0.29) is 12.4 Å². The first-order valence-corrected chi connectivity index (χ1v) is 4.09. The second kappa shape index (κ2) is 4.67. The smallest absolute Gasteiger partial charge is 0.374 e. The highest BCUT2D eigenvalue weighted by Crippen LogP contribution is 2.02. The standard InChI is InChI=1S/C9H12O4/c1-7(10)4-6-13-9(11)8-3-2-5-12-8/h2-3,5,7,10H,4,6H2,1H3. The van der Waals surface area contributed by atoms with Crippen molar-refractivity contribution in [3.8, 4) is 0 Å². The third-order valence-electron chi connectivity index (χ3n) is 1.49. The van der Waals surface area contributed by atoms with Gasteiger partial charge in [0.05, 0.1) is 19.0 Å². The fourth-order valence-corrected chi connectivity index (χ4v) is 0.788. The van der Waals surface area contributed by atoms with Gasteiger partial charge in [-0.15, -0.1) is 0 Å². The molecule has 0 amide bonds. The van der Waals surface area contributed by atoms with Crippen molar-refractivity contribution in [1.29, 1.82) is 0 Å². The predicted molar refractivity (Wildman–Crippen MR) is 45.3 cm³/mol. The van der Waals surface area contributed by atoms with E-state index in [4.69, 9.17) is 14.3 Å². The van der Waals surface area contributed by atoms with Crippen molar-refractivity contribution >= 4 is 5.97 Å². The number of furan rings is 1. The van der Waals surface area contributed by atoms with Gasteiger partial charge in [-0.2, -0.15) is 0 Å². The Labute approximate surface area is 76.1 Å². The number of hydrogen-bond donors (Lipinski definition) is 1. The molecular formula is C9H12O4. The van der Waals surface area contributed by atoms with Crippen molar-refractivity contribution in [2.75, 3.05) is 6.61 Å². The maximum atomic E-state index is 11.1. The third-order valence-corrected chi connectivity index (χ3v) is 1.49. The molecule has 0 aliphatic carbocycles. The van der Waals surface area contributed by atoms with Gasteiger partial charge in [0.1, 0.15) is 0 Å². The molecule has 1 rings (SSSR count). The molecule has 0 saturated heterocycles. The number of ether oxygens (including phenoxy) is 1. The minimum atomic E-state index is -0.495. The second-order valence-corrected chi connectivity index (χ2v) is 2.75. The van der Waals surface area contributed by atoms with Gasteiger partial charge in [-0.1, -0.05) is 0 Å². The Kier molecular flexibility index (Phi) is 3.52. The SMILES string of the molecule is CC(O)CCOC(=O)c1ccco1. The van der Waals surface area contributed by atoms with E-state index < -0.39 is 12.1 Å². The molecule has 1 unspecified atom stereocenters. The highest BCUT2D eigenvalue weighted by atomic mass is 16.5. The quantitative estimate of drug-likeness (QED) is 0.714. The van der Waals surface area contributed by atoms with Crippen LogP contribution in [-0.4, -0.2) is 23.8 Å². The summed E-state index contributed by atoms with van der Waals surface area (Å²) < 4.78 is 9.62. The zero-order valence-corrected chi connectivity index (χ0v) is 7.40. The highest BCUT2D eigenvalue weighted by molar-refractivity contribution is 5.86. The second-order valence-electron chi connectivity index (χ2n) is 2.75. The minimum absolute atomic E-state index is 0.186. The number of rotatable bonds is 4. The Hall–Kier alpha value is -1.29. The lowest BCUT2D eigenvalue weighted by Gasteiger charge is -2.04. The van der Waals surface area contributed by atoms with Crippen LogP contribution in [0.2, 0.25) is 0 Å². The molecule has 1 N–H and O–H groups in total. The van der Waals surface area contributed by atoms with E-state index in [0.717, 1.165) is 0 Å². The van der Waals surface area contributed by atoms with Crippen LogP contribution in [0, 0.1) is 0 Å². The molecule has 0 radical (unpaired) electrons. The minimum Gasteiger partial charge on any atom is -0.460 e. The van der Waals surface area contributed by atoms with Gasteiger partial charge in [0.15, 0.2) is 0 Å². The molecule has 0 spiro atoms. The van der Waals surface area contributed by atoms with Crippen LogP contribution in [0.3, 0.4) is 0 Å². The number of carbonyl (C=O) groups excluding carboxylic acids is 1. The molecule has 1 atom stereocenters. The van der Waals surface area contributed by atoms with Crippen molar-refractivity contribution in [2.45, 2.75) is 19.4 Å². The molecule has 0 aromatic carbocycles. The van der Waals surface area contributed by atoms with Crippen LogP contribution in [0.4, 0.5) is 0 Å². The van der Waals surface area contributed by atoms with Crippen molar-refractivity contribution < 1.29 is 19.1 Å². The average Bonchev–Trinajstić information content (AvgIpc) is 2.55. The first-order valence-electron chi connectivity index (χ1n) is 4.09. The molecule has 4 heteroatoms. The topological polar surface area (TPSA) is 59.7 Å². The molecule has 0 bridgehead atoms. The molecule has 1 aromatic rings. The largest absolute Gasteiger partial charge is 0.460 e. The van der Waals surface area contributed by atoms with Crippen LogP contribution >= 0.6 is 0 Å². The lowest BCUT2D eigenvalue weighted by atomic mass is 10.3. The molecule has 0 saturated carbocycles. The molecule has 13 heavy (non-hydrogen) atoms. The molecule has 0 fully saturated rings. The van der Waals surface area contributed by atoms with E-state index in [2.05, 4.69) is 0 Å². The van der Waals surface area contributed by atoms with Gasteiger partial charge < -0.3 is 14.3 Å². The van der Waals surface area contributed by atoms with Crippen molar-refractivity contribution in [2.24, 2.45) is 0 Å². The highest BCUT2D eigenvalue weighted by Gasteiger charge is 2.09. The Balaban J connectivity index is 2.27. The monoisotopic (exact) mass is 184 g/mol. The van der Waals surface area contributed by atoms with Crippen LogP contribution in [0.25, 0.3) is 0 Å². The van der Waals surface area contributed by atoms with Gasteiger partial charge >= 0.3 is 5.97 Å². The van der Waals surface area contributed by atoms with Gasteiger partial charge in [-0.25, -0.2) is 4.79 Å². The lowest BCUT2D eigenvalue weighted by molar-refractivity contribution is 0.0409. The molecular weight excluding hydrogens is 172 g/mol. The van der Waals surface area contributed by atoms with Crippen LogP contribution in [0.5, 0.6) is 0 Å². The van der Waals surface area contributed by atoms with Crippen molar-refractivity contribution in [3.05, 3.63) is 24.2 Å². The van der Waals surface area contributed by atoms with Gasteiger partial charge in [0.25, 0.3) is 0 Å². The van der Waals surface area contributed by atoms with Crippen LogP contribution < -0.4 is 0 Å². The van der Waals surface area contributed by atoms with E-state index >= 15 is 0 Å². The number of esters is 1. The van der Waals surface area contributed by atoms with E-state index in [9.17, 15) is 4.79 Å². The Bertz CT molecular complexity index is 251. The Morgan fingerprint density at radius 1 is 1.77 bits per heavy atom. The molecule has 1 heterocycles. The number of aliphatic hydroxyl groups excluding tert-OH is 1. The Morgan fingerprint density at radius 2 is 2.54 bits per heavy atom. The van der Waals surface area contributed by atoms with Crippen LogP contribution in [0.15, 0.2) is 22.8 Å². The summed E-state index contributed by atoms with van der Waals surface area (Å²) in [4.78, 5) is 11.1. The molecule has 4 nitrogen and oxygen atoms in total. The lowest BCUT2D eigenvalue weighted by Crippen LogP contribution is -2.10. The van der Waals surface area contributed by atoms with E-state index in [1.54, 1.807) is 13.0 Å². The fraction of sp³-hybridized carbons (Fsp3) is 0.444. The van der Waals surface area contributed by atoms with E-state index in [1.165, 1.54) is 12.3 Å². The number of aliphatic hydroxyl groups is 1. The van der Waals surface area contributed by atoms with E-state index in [1.807, 2.05) is 0 Å². The summed E-state index contributed by atoms with van der Waals surface area (Å²) in [6, 6.07) is 3.15. The molecule has 72 valence electrons. The van der Waals surface area contributed by atoms with E-state index in [0.29, 0.717) is 6.42 Å². The van der Waals surface area contributed by atoms with Gasteiger partial charge in [0.2, 0.25) is 5.76 Å². The zero-order valence-electron chi connectivity index (χ0n) is 7.40. The summed E-state index contributed by atoms with van der Waals surface area (Å²) >= 11 is 0. The molecule has 0 aliphatic rings. The van der Waals surface area contributed by atoms with Crippen LogP contribution in [0.1, 0.15) is 23.9 Å². The van der Waals surface area contributed by atoms with Crippen LogP contribution in [-0.2, 0) is 4.74 Å². The maximum Gasteiger partial charge on any atom is 0.374 e.